The van der Waals surface area contributed by atoms with Crippen molar-refractivity contribution in [1.82, 2.24) is 14.8 Å². The number of amides is 2. The fraction of sp³-hybridized carbons (Fsp3) is 0.450. The number of carbonyl (C=O) groups is 2. The first-order valence-corrected chi connectivity index (χ1v) is 9.75. The van der Waals surface area contributed by atoms with Crippen LogP contribution in [0.25, 0.3) is 10.6 Å². The molecule has 1 fully saturated rings. The molecule has 0 saturated carbocycles. The molecule has 1 aromatic carbocycles. The van der Waals surface area contributed by atoms with Gasteiger partial charge in [0.15, 0.2) is 0 Å². The molecule has 5 nitrogen and oxygen atoms in total. The van der Waals surface area contributed by atoms with Crippen LogP contribution in [0.3, 0.4) is 0 Å². The van der Waals surface area contributed by atoms with E-state index in [9.17, 15) is 9.59 Å². The number of nitrogens with zero attached hydrogens (tertiary/aromatic N) is 3. The van der Waals surface area contributed by atoms with Gasteiger partial charge in [-0.25, -0.2) is 4.98 Å². The van der Waals surface area contributed by atoms with Gasteiger partial charge in [-0.05, 0) is 6.92 Å². The fourth-order valence-corrected chi connectivity index (χ4v) is 3.75. The Balaban J connectivity index is 1.64. The van der Waals surface area contributed by atoms with E-state index in [1.54, 1.807) is 4.90 Å². The highest BCUT2D eigenvalue weighted by molar-refractivity contribution is 7.13. The van der Waals surface area contributed by atoms with Crippen molar-refractivity contribution in [3.63, 3.8) is 0 Å². The van der Waals surface area contributed by atoms with Gasteiger partial charge in [-0.3, -0.25) is 9.59 Å². The van der Waals surface area contributed by atoms with Gasteiger partial charge in [-0.1, -0.05) is 50.6 Å². The molecule has 1 aromatic heterocycles. The van der Waals surface area contributed by atoms with Gasteiger partial charge < -0.3 is 9.80 Å². The molecule has 1 aliphatic heterocycles. The quantitative estimate of drug-likeness (QED) is 0.812. The Bertz CT molecular complexity index is 797. The largest absolute Gasteiger partial charge is 0.339 e. The van der Waals surface area contributed by atoms with Crippen molar-refractivity contribution < 1.29 is 9.59 Å². The minimum atomic E-state index is -0.385. The van der Waals surface area contributed by atoms with E-state index < -0.39 is 0 Å². The predicted molar refractivity (Wildman–Crippen MR) is 104 cm³/mol. The average molecular weight is 372 g/mol. The van der Waals surface area contributed by atoms with Gasteiger partial charge in [0.05, 0.1) is 0 Å². The number of piperazine rings is 1. The van der Waals surface area contributed by atoms with E-state index in [1.165, 1.54) is 16.9 Å². The summed E-state index contributed by atoms with van der Waals surface area (Å²) in [5, 5.41) is 2.68. The highest BCUT2D eigenvalue weighted by Gasteiger charge is 2.31. The van der Waals surface area contributed by atoms with E-state index in [1.807, 2.05) is 62.2 Å². The SMILES string of the molecule is Cc1ccc(-c2nc(C(=O)N3CCN(C(=O)C(C)(C)C)CC3)cs2)cc1. The summed E-state index contributed by atoms with van der Waals surface area (Å²) in [4.78, 5) is 33.3. The first-order chi connectivity index (χ1) is 12.3. The van der Waals surface area contributed by atoms with E-state index in [-0.39, 0.29) is 17.2 Å². The summed E-state index contributed by atoms with van der Waals surface area (Å²) in [6, 6.07) is 8.14. The number of rotatable bonds is 2. The Labute approximate surface area is 158 Å². The molecule has 2 aromatic rings. The Morgan fingerprint density at radius 1 is 1.00 bits per heavy atom. The third-order valence-electron chi connectivity index (χ3n) is 4.52. The molecule has 0 spiro atoms. The molecule has 26 heavy (non-hydrogen) atoms. The molecule has 1 saturated heterocycles. The molecule has 0 N–H and O–H groups in total. The van der Waals surface area contributed by atoms with Gasteiger partial charge in [0.2, 0.25) is 5.91 Å². The summed E-state index contributed by atoms with van der Waals surface area (Å²) in [5.74, 6) is 0.0855. The Hall–Kier alpha value is -2.21. The van der Waals surface area contributed by atoms with Crippen LogP contribution < -0.4 is 0 Å². The Morgan fingerprint density at radius 2 is 1.58 bits per heavy atom. The molecule has 138 valence electrons. The molecule has 2 amide bonds. The zero-order valence-electron chi connectivity index (χ0n) is 15.8. The predicted octanol–water partition coefficient (Wildman–Crippen LogP) is 3.45. The minimum absolute atomic E-state index is 0.0533. The number of aryl methyl sites for hydroxylation is 1. The lowest BCUT2D eigenvalue weighted by Gasteiger charge is -2.37. The maximum atomic E-state index is 12.7. The van der Waals surface area contributed by atoms with E-state index >= 15 is 0 Å². The number of benzene rings is 1. The van der Waals surface area contributed by atoms with Gasteiger partial charge in [0.1, 0.15) is 10.7 Å². The second kappa shape index (κ2) is 7.19. The Kier molecular flexibility index (Phi) is 5.14. The zero-order chi connectivity index (χ0) is 18.9. The van der Waals surface area contributed by atoms with Crippen molar-refractivity contribution in [2.45, 2.75) is 27.7 Å². The van der Waals surface area contributed by atoms with E-state index in [0.717, 1.165) is 10.6 Å². The fourth-order valence-electron chi connectivity index (χ4n) is 2.95. The van der Waals surface area contributed by atoms with Crippen molar-refractivity contribution >= 4 is 23.2 Å². The summed E-state index contributed by atoms with van der Waals surface area (Å²) in [6.07, 6.45) is 0. The van der Waals surface area contributed by atoms with Crippen molar-refractivity contribution in [2.75, 3.05) is 26.2 Å². The average Bonchev–Trinajstić information content (AvgIpc) is 3.10. The van der Waals surface area contributed by atoms with Crippen LogP contribution in [0.4, 0.5) is 0 Å². The molecular weight excluding hydrogens is 346 g/mol. The van der Waals surface area contributed by atoms with Gasteiger partial charge in [0, 0.05) is 42.5 Å². The highest BCUT2D eigenvalue weighted by Crippen LogP contribution is 2.25. The van der Waals surface area contributed by atoms with E-state index in [0.29, 0.717) is 31.9 Å². The lowest BCUT2D eigenvalue weighted by molar-refractivity contribution is -0.140. The number of hydrogen-bond donors (Lipinski definition) is 0. The summed E-state index contributed by atoms with van der Waals surface area (Å²) in [5.41, 5.74) is 2.33. The standard InChI is InChI=1S/C20H25N3O2S/c1-14-5-7-15(8-6-14)17-21-16(13-26-17)18(24)22-9-11-23(12-10-22)19(25)20(2,3)4/h5-8,13H,9-12H2,1-4H3. The number of thiazole rings is 1. The van der Waals surface area contributed by atoms with Crippen LogP contribution >= 0.6 is 11.3 Å². The van der Waals surface area contributed by atoms with Crippen molar-refractivity contribution in [2.24, 2.45) is 5.41 Å². The minimum Gasteiger partial charge on any atom is -0.339 e. The lowest BCUT2D eigenvalue weighted by atomic mass is 9.94. The third-order valence-corrected chi connectivity index (χ3v) is 5.41. The third kappa shape index (κ3) is 3.96. The van der Waals surface area contributed by atoms with Gasteiger partial charge in [-0.2, -0.15) is 0 Å². The van der Waals surface area contributed by atoms with Crippen LogP contribution in [-0.4, -0.2) is 52.8 Å². The normalized spacial score (nSPS) is 15.2. The highest BCUT2D eigenvalue weighted by atomic mass is 32.1. The summed E-state index contributed by atoms with van der Waals surface area (Å²) < 4.78 is 0. The molecule has 2 heterocycles. The van der Waals surface area contributed by atoms with E-state index in [2.05, 4.69) is 4.98 Å². The number of hydrogen-bond acceptors (Lipinski definition) is 4. The molecule has 0 bridgehead atoms. The van der Waals surface area contributed by atoms with Crippen LogP contribution in [-0.2, 0) is 4.79 Å². The molecule has 0 aliphatic carbocycles. The van der Waals surface area contributed by atoms with Crippen molar-refractivity contribution in [3.05, 3.63) is 40.9 Å². The van der Waals surface area contributed by atoms with E-state index in [4.69, 9.17) is 0 Å². The maximum absolute atomic E-state index is 12.7. The van der Waals surface area contributed by atoms with Crippen LogP contribution in [0.1, 0.15) is 36.8 Å². The summed E-state index contributed by atoms with van der Waals surface area (Å²) in [6.45, 7) is 10.1. The monoisotopic (exact) mass is 371 g/mol. The second-order valence-corrected chi connectivity index (χ2v) is 8.60. The molecule has 0 radical (unpaired) electrons. The van der Waals surface area contributed by atoms with Crippen molar-refractivity contribution in [3.8, 4) is 10.6 Å². The smallest absolute Gasteiger partial charge is 0.273 e. The molecule has 0 atom stereocenters. The van der Waals surface area contributed by atoms with Crippen molar-refractivity contribution in [1.29, 1.82) is 0 Å². The molecule has 0 unspecified atom stereocenters. The maximum Gasteiger partial charge on any atom is 0.273 e. The summed E-state index contributed by atoms with van der Waals surface area (Å²) >= 11 is 1.49. The van der Waals surface area contributed by atoms with Crippen LogP contribution in [0.5, 0.6) is 0 Å². The molecular formula is C20H25N3O2S. The van der Waals surface area contributed by atoms with Gasteiger partial charge in [0.25, 0.3) is 5.91 Å². The molecule has 3 rings (SSSR count). The van der Waals surface area contributed by atoms with Crippen LogP contribution in [0.2, 0.25) is 0 Å². The Morgan fingerprint density at radius 3 is 2.15 bits per heavy atom. The topological polar surface area (TPSA) is 53.5 Å². The van der Waals surface area contributed by atoms with Crippen LogP contribution in [0, 0.1) is 12.3 Å². The molecule has 1 aliphatic rings. The zero-order valence-corrected chi connectivity index (χ0v) is 16.6. The number of carbonyl (C=O) groups excluding carboxylic acids is 2. The van der Waals surface area contributed by atoms with Gasteiger partial charge >= 0.3 is 0 Å². The first kappa shape index (κ1) is 18.6. The first-order valence-electron chi connectivity index (χ1n) is 8.87. The molecule has 6 heteroatoms. The van der Waals surface area contributed by atoms with Crippen LogP contribution in [0.15, 0.2) is 29.6 Å². The number of aromatic nitrogens is 1. The van der Waals surface area contributed by atoms with Gasteiger partial charge in [-0.15, -0.1) is 11.3 Å². The summed E-state index contributed by atoms with van der Waals surface area (Å²) in [7, 11) is 0. The lowest BCUT2D eigenvalue weighted by Crippen LogP contribution is -2.53. The second-order valence-electron chi connectivity index (χ2n) is 7.74.